The van der Waals surface area contributed by atoms with Crippen molar-refractivity contribution in [1.29, 1.82) is 0 Å². The Balaban J connectivity index is 1.81. The number of benzene rings is 1. The number of hydrogen-bond donors (Lipinski definition) is 2. The van der Waals surface area contributed by atoms with Crippen LogP contribution in [0, 0.1) is 0 Å². The van der Waals surface area contributed by atoms with Gasteiger partial charge < -0.3 is 10.1 Å². The zero-order valence-corrected chi connectivity index (χ0v) is 13.4. The number of nitrogens with zero attached hydrogens (tertiary/aromatic N) is 2. The Morgan fingerprint density at radius 1 is 1.12 bits per heavy atom. The molecule has 2 amide bonds. The Morgan fingerprint density at radius 3 is 2.52 bits per heavy atom. The van der Waals surface area contributed by atoms with Gasteiger partial charge in [-0.05, 0) is 29.8 Å². The molecular weight excluding hydrogens is 324 g/mol. The second-order valence-corrected chi connectivity index (χ2v) is 4.82. The molecule has 8 heteroatoms. The highest BCUT2D eigenvalue weighted by Crippen LogP contribution is 2.03. The van der Waals surface area contributed by atoms with Crippen molar-refractivity contribution in [2.45, 2.75) is 6.54 Å². The van der Waals surface area contributed by atoms with Gasteiger partial charge in [0.15, 0.2) is 0 Å². The minimum atomic E-state index is -0.890. The van der Waals surface area contributed by atoms with Gasteiger partial charge in [-0.1, -0.05) is 18.2 Å². The number of methoxy groups -OCH3 is 1. The van der Waals surface area contributed by atoms with E-state index in [9.17, 15) is 14.4 Å². The highest BCUT2D eigenvalue weighted by atomic mass is 16.5. The lowest BCUT2D eigenvalue weighted by Gasteiger charge is -2.03. The molecule has 2 N–H and O–H groups in total. The molecule has 0 aliphatic heterocycles. The molecule has 0 radical (unpaired) electrons. The van der Waals surface area contributed by atoms with Crippen molar-refractivity contribution in [3.05, 3.63) is 65.5 Å². The molecule has 0 aliphatic carbocycles. The summed E-state index contributed by atoms with van der Waals surface area (Å²) < 4.78 is 4.59. The Hall–Kier alpha value is -3.55. The lowest BCUT2D eigenvalue weighted by atomic mass is 10.1. The SMILES string of the molecule is COC(=O)c1ccc(C=NNC(=O)C(=O)NCc2ccccn2)cc1. The van der Waals surface area contributed by atoms with Crippen LogP contribution >= 0.6 is 0 Å². The summed E-state index contributed by atoms with van der Waals surface area (Å²) in [5, 5.41) is 6.13. The van der Waals surface area contributed by atoms with Crippen molar-refractivity contribution in [2.24, 2.45) is 5.10 Å². The summed E-state index contributed by atoms with van der Waals surface area (Å²) >= 11 is 0. The number of carbonyl (C=O) groups is 3. The van der Waals surface area contributed by atoms with E-state index in [2.05, 4.69) is 25.6 Å². The normalized spacial score (nSPS) is 10.3. The molecule has 0 saturated heterocycles. The number of rotatable bonds is 5. The first-order valence-electron chi connectivity index (χ1n) is 7.29. The summed E-state index contributed by atoms with van der Waals surface area (Å²) in [6, 6.07) is 11.7. The van der Waals surface area contributed by atoms with E-state index in [1.165, 1.54) is 13.3 Å². The number of nitrogens with one attached hydrogen (secondary N) is 2. The molecule has 0 atom stereocenters. The fraction of sp³-hybridized carbons (Fsp3) is 0.118. The predicted molar refractivity (Wildman–Crippen MR) is 89.6 cm³/mol. The number of ether oxygens (including phenoxy) is 1. The van der Waals surface area contributed by atoms with Crippen LogP contribution in [0.15, 0.2) is 53.8 Å². The van der Waals surface area contributed by atoms with E-state index in [0.29, 0.717) is 16.8 Å². The second kappa shape index (κ2) is 8.92. The van der Waals surface area contributed by atoms with Gasteiger partial charge in [0.2, 0.25) is 0 Å². The number of carbonyl (C=O) groups excluding carboxylic acids is 3. The molecule has 1 aromatic carbocycles. The summed E-state index contributed by atoms with van der Waals surface area (Å²) in [5.41, 5.74) is 3.80. The smallest absolute Gasteiger partial charge is 0.337 e. The molecule has 1 aromatic heterocycles. The van der Waals surface area contributed by atoms with Gasteiger partial charge in [-0.15, -0.1) is 0 Å². The summed E-state index contributed by atoms with van der Waals surface area (Å²) in [6.45, 7) is 0.145. The van der Waals surface area contributed by atoms with E-state index in [0.717, 1.165) is 0 Å². The van der Waals surface area contributed by atoms with Crippen LogP contribution in [0.25, 0.3) is 0 Å². The Kier molecular flexibility index (Phi) is 6.35. The zero-order valence-electron chi connectivity index (χ0n) is 13.4. The Morgan fingerprint density at radius 2 is 1.88 bits per heavy atom. The first-order valence-corrected chi connectivity index (χ1v) is 7.29. The maximum Gasteiger partial charge on any atom is 0.337 e. The molecule has 0 saturated carbocycles. The number of hydrogen-bond acceptors (Lipinski definition) is 6. The van der Waals surface area contributed by atoms with Gasteiger partial charge in [-0.3, -0.25) is 14.6 Å². The van der Waals surface area contributed by atoms with Gasteiger partial charge in [0.1, 0.15) is 0 Å². The zero-order chi connectivity index (χ0) is 18.1. The van der Waals surface area contributed by atoms with Crippen molar-refractivity contribution < 1.29 is 19.1 Å². The number of amides is 2. The van der Waals surface area contributed by atoms with Gasteiger partial charge in [-0.25, -0.2) is 10.2 Å². The molecular formula is C17H16N4O4. The third-order valence-electron chi connectivity index (χ3n) is 3.07. The average Bonchev–Trinajstić information content (AvgIpc) is 2.66. The van der Waals surface area contributed by atoms with Crippen LogP contribution in [0.5, 0.6) is 0 Å². The minimum absolute atomic E-state index is 0.145. The summed E-state index contributed by atoms with van der Waals surface area (Å²) in [4.78, 5) is 38.6. The van der Waals surface area contributed by atoms with Crippen molar-refractivity contribution in [1.82, 2.24) is 15.7 Å². The average molecular weight is 340 g/mol. The topological polar surface area (TPSA) is 110 Å². The Labute approximate surface area is 143 Å². The number of pyridine rings is 1. The third kappa shape index (κ3) is 5.54. The van der Waals surface area contributed by atoms with Gasteiger partial charge in [-0.2, -0.15) is 5.10 Å². The molecule has 0 unspecified atom stereocenters. The second-order valence-electron chi connectivity index (χ2n) is 4.82. The molecule has 0 bridgehead atoms. The Bertz CT molecular complexity index is 773. The summed E-state index contributed by atoms with van der Waals surface area (Å²) in [5.74, 6) is -2.15. The van der Waals surface area contributed by atoms with Crippen molar-refractivity contribution in [3.63, 3.8) is 0 Å². The highest BCUT2D eigenvalue weighted by Gasteiger charge is 2.12. The maximum absolute atomic E-state index is 11.6. The predicted octanol–water partition coefficient (Wildman–Crippen LogP) is 0.635. The van der Waals surface area contributed by atoms with E-state index < -0.39 is 17.8 Å². The van der Waals surface area contributed by atoms with Crippen LogP contribution in [0.1, 0.15) is 21.6 Å². The van der Waals surface area contributed by atoms with Crippen LogP contribution in [0.4, 0.5) is 0 Å². The molecule has 2 rings (SSSR count). The van der Waals surface area contributed by atoms with Crippen LogP contribution in [0.2, 0.25) is 0 Å². The van der Waals surface area contributed by atoms with Gasteiger partial charge in [0.05, 0.1) is 31.1 Å². The van der Waals surface area contributed by atoms with Crippen LogP contribution in [-0.2, 0) is 20.9 Å². The number of hydrazone groups is 1. The first-order chi connectivity index (χ1) is 12.1. The molecule has 0 aliphatic rings. The van der Waals surface area contributed by atoms with Crippen LogP contribution in [-0.4, -0.2) is 36.1 Å². The summed E-state index contributed by atoms with van der Waals surface area (Å²) in [6.07, 6.45) is 2.95. The summed E-state index contributed by atoms with van der Waals surface area (Å²) in [7, 11) is 1.30. The van der Waals surface area contributed by atoms with E-state index >= 15 is 0 Å². The molecule has 2 aromatic rings. The molecule has 0 fully saturated rings. The lowest BCUT2D eigenvalue weighted by Crippen LogP contribution is -2.37. The van der Waals surface area contributed by atoms with E-state index in [1.807, 2.05) is 0 Å². The van der Waals surface area contributed by atoms with Gasteiger partial charge in [0, 0.05) is 6.20 Å². The third-order valence-corrected chi connectivity index (χ3v) is 3.07. The number of esters is 1. The fourth-order valence-corrected chi connectivity index (χ4v) is 1.79. The monoisotopic (exact) mass is 340 g/mol. The molecule has 1 heterocycles. The quantitative estimate of drug-likeness (QED) is 0.359. The van der Waals surface area contributed by atoms with Crippen molar-refractivity contribution in [3.8, 4) is 0 Å². The van der Waals surface area contributed by atoms with Crippen LogP contribution < -0.4 is 10.7 Å². The van der Waals surface area contributed by atoms with Crippen LogP contribution in [0.3, 0.4) is 0 Å². The molecule has 128 valence electrons. The standard InChI is InChI=1S/C17H16N4O4/c1-25-17(24)13-7-5-12(6-8-13)10-20-21-16(23)15(22)19-11-14-4-2-3-9-18-14/h2-10H,11H2,1H3,(H,19,22)(H,21,23). The van der Waals surface area contributed by atoms with E-state index in [1.54, 1.807) is 48.7 Å². The highest BCUT2D eigenvalue weighted by molar-refractivity contribution is 6.35. The van der Waals surface area contributed by atoms with Gasteiger partial charge >= 0.3 is 17.8 Å². The van der Waals surface area contributed by atoms with Crippen molar-refractivity contribution >= 4 is 24.0 Å². The van der Waals surface area contributed by atoms with E-state index in [4.69, 9.17) is 0 Å². The first kappa shape index (κ1) is 17.8. The largest absolute Gasteiger partial charge is 0.465 e. The van der Waals surface area contributed by atoms with E-state index in [-0.39, 0.29) is 6.54 Å². The van der Waals surface area contributed by atoms with Crippen molar-refractivity contribution in [2.75, 3.05) is 7.11 Å². The molecule has 0 spiro atoms. The lowest BCUT2D eigenvalue weighted by molar-refractivity contribution is -0.139. The minimum Gasteiger partial charge on any atom is -0.465 e. The van der Waals surface area contributed by atoms with Gasteiger partial charge in [0.25, 0.3) is 0 Å². The number of aromatic nitrogens is 1. The fourth-order valence-electron chi connectivity index (χ4n) is 1.79. The molecule has 25 heavy (non-hydrogen) atoms. The molecule has 8 nitrogen and oxygen atoms in total. The maximum atomic E-state index is 11.6.